The van der Waals surface area contributed by atoms with Crippen LogP contribution in [-0.2, 0) is 4.84 Å². The van der Waals surface area contributed by atoms with Gasteiger partial charge in [-0.25, -0.2) is 0 Å². The number of aliphatic hydroxyl groups excluding tert-OH is 1. The van der Waals surface area contributed by atoms with Crippen molar-refractivity contribution in [2.24, 2.45) is 5.16 Å². The molecule has 6 heteroatoms. The van der Waals surface area contributed by atoms with E-state index in [2.05, 4.69) is 5.16 Å². The molecule has 2 atom stereocenters. The van der Waals surface area contributed by atoms with E-state index < -0.39 is 11.0 Å². The first-order valence-corrected chi connectivity index (χ1v) is 5.77. The van der Waals surface area contributed by atoms with Gasteiger partial charge in [0.2, 0.25) is 0 Å². The van der Waals surface area contributed by atoms with Crippen LogP contribution in [0.25, 0.3) is 0 Å². The van der Waals surface area contributed by atoms with Gasteiger partial charge in [0.1, 0.15) is 0 Å². The largest absolute Gasteiger partial charge is 0.389 e. The van der Waals surface area contributed by atoms with Gasteiger partial charge >= 0.3 is 0 Å². The lowest BCUT2D eigenvalue weighted by Gasteiger charge is -2.13. The normalized spacial score (nSPS) is 20.1. The molecule has 0 radical (unpaired) electrons. The van der Waals surface area contributed by atoms with Crippen molar-refractivity contribution < 1.29 is 14.9 Å². The lowest BCUT2D eigenvalue weighted by molar-refractivity contribution is -0.384. The summed E-state index contributed by atoms with van der Waals surface area (Å²) in [6.07, 6.45) is 0.269. The van der Waals surface area contributed by atoms with Crippen LogP contribution in [0.5, 0.6) is 0 Å². The molecule has 0 aliphatic carbocycles. The summed E-state index contributed by atoms with van der Waals surface area (Å²) in [7, 11) is 0. The Morgan fingerprint density at radius 1 is 1.56 bits per heavy atom. The van der Waals surface area contributed by atoms with E-state index in [1.165, 1.54) is 12.1 Å². The number of oxime groups is 1. The average Bonchev–Trinajstić information content (AvgIpc) is 2.87. The van der Waals surface area contributed by atoms with Crippen LogP contribution in [-0.4, -0.2) is 27.9 Å². The van der Waals surface area contributed by atoms with Gasteiger partial charge in [0, 0.05) is 18.6 Å². The van der Waals surface area contributed by atoms with E-state index in [0.29, 0.717) is 18.6 Å². The van der Waals surface area contributed by atoms with Gasteiger partial charge in [0.25, 0.3) is 5.69 Å². The molecule has 0 saturated heterocycles. The molecule has 1 aromatic carbocycles. The summed E-state index contributed by atoms with van der Waals surface area (Å²) in [6.45, 7) is 1.87. The molecule has 0 aromatic heterocycles. The van der Waals surface area contributed by atoms with E-state index in [9.17, 15) is 15.2 Å². The second kappa shape index (κ2) is 5.14. The maximum absolute atomic E-state index is 10.5. The van der Waals surface area contributed by atoms with Crippen LogP contribution in [0.15, 0.2) is 29.4 Å². The van der Waals surface area contributed by atoms with Crippen molar-refractivity contribution >= 4 is 11.4 Å². The van der Waals surface area contributed by atoms with E-state index in [0.717, 1.165) is 5.56 Å². The molecule has 1 heterocycles. The minimum atomic E-state index is -0.538. The number of aliphatic hydroxyl groups is 1. The fourth-order valence-electron chi connectivity index (χ4n) is 1.81. The Balaban J connectivity index is 2.07. The first-order valence-electron chi connectivity index (χ1n) is 5.77. The molecule has 0 spiro atoms. The lowest BCUT2D eigenvalue weighted by atomic mass is 10.0. The third kappa shape index (κ3) is 2.48. The number of rotatable bonds is 4. The maximum Gasteiger partial charge on any atom is 0.269 e. The molecule has 96 valence electrons. The molecule has 0 unspecified atom stereocenters. The summed E-state index contributed by atoms with van der Waals surface area (Å²) in [4.78, 5) is 15.2. The Bertz CT molecular complexity index is 469. The first-order chi connectivity index (χ1) is 8.61. The van der Waals surface area contributed by atoms with Crippen LogP contribution in [0, 0.1) is 10.1 Å². The highest BCUT2D eigenvalue weighted by Gasteiger charge is 2.27. The molecular weight excluding hydrogens is 236 g/mol. The van der Waals surface area contributed by atoms with Crippen LogP contribution in [0.4, 0.5) is 5.69 Å². The molecule has 0 amide bonds. The summed E-state index contributed by atoms with van der Waals surface area (Å²) in [5.41, 5.74) is 1.54. The minimum Gasteiger partial charge on any atom is -0.389 e. The number of hydrogen-bond acceptors (Lipinski definition) is 5. The van der Waals surface area contributed by atoms with Crippen molar-refractivity contribution in [1.82, 2.24) is 0 Å². The molecule has 1 aliphatic heterocycles. The van der Waals surface area contributed by atoms with Gasteiger partial charge in [-0.05, 0) is 24.1 Å². The molecule has 1 N–H and O–H groups in total. The van der Waals surface area contributed by atoms with Crippen LogP contribution in [0.3, 0.4) is 0 Å². The highest BCUT2D eigenvalue weighted by Crippen LogP contribution is 2.21. The summed E-state index contributed by atoms with van der Waals surface area (Å²) in [5, 5.41) is 24.1. The predicted molar refractivity (Wildman–Crippen MR) is 65.4 cm³/mol. The van der Waals surface area contributed by atoms with Crippen molar-refractivity contribution in [2.45, 2.75) is 32.0 Å². The SMILES string of the molecule is CC[C@@H](O)[C@@H]1CC(c2ccc([N+](=O)[O-])cc2)=NO1. The number of nitro groups is 1. The van der Waals surface area contributed by atoms with Crippen LogP contribution in [0.2, 0.25) is 0 Å². The van der Waals surface area contributed by atoms with Gasteiger partial charge in [-0.1, -0.05) is 12.1 Å². The number of hydrogen-bond donors (Lipinski definition) is 1. The van der Waals surface area contributed by atoms with Crippen LogP contribution in [0.1, 0.15) is 25.3 Å². The highest BCUT2D eigenvalue weighted by atomic mass is 16.7. The molecule has 18 heavy (non-hydrogen) atoms. The van der Waals surface area contributed by atoms with E-state index in [4.69, 9.17) is 4.84 Å². The summed E-state index contributed by atoms with van der Waals surface area (Å²) in [6, 6.07) is 6.14. The quantitative estimate of drug-likeness (QED) is 0.652. The van der Waals surface area contributed by atoms with Crippen molar-refractivity contribution in [3.63, 3.8) is 0 Å². The molecule has 1 aromatic rings. The Morgan fingerprint density at radius 3 is 2.78 bits per heavy atom. The van der Waals surface area contributed by atoms with Gasteiger partial charge in [-0.15, -0.1) is 0 Å². The smallest absolute Gasteiger partial charge is 0.269 e. The van der Waals surface area contributed by atoms with Gasteiger partial charge in [0.15, 0.2) is 6.10 Å². The second-order valence-corrected chi connectivity index (χ2v) is 4.17. The predicted octanol–water partition coefficient (Wildman–Crippen LogP) is 1.86. The fraction of sp³-hybridized carbons (Fsp3) is 0.417. The van der Waals surface area contributed by atoms with Crippen molar-refractivity contribution in [2.75, 3.05) is 0 Å². The van der Waals surface area contributed by atoms with Gasteiger partial charge in [-0.2, -0.15) is 0 Å². The van der Waals surface area contributed by atoms with Crippen LogP contribution >= 0.6 is 0 Å². The van der Waals surface area contributed by atoms with Gasteiger partial charge < -0.3 is 9.94 Å². The zero-order valence-corrected chi connectivity index (χ0v) is 9.94. The first kappa shape index (κ1) is 12.5. The molecular formula is C12H14N2O4. The Labute approximate surface area is 104 Å². The van der Waals surface area contributed by atoms with Crippen molar-refractivity contribution in [3.8, 4) is 0 Å². The van der Waals surface area contributed by atoms with E-state index >= 15 is 0 Å². The number of non-ortho nitro benzene ring substituents is 1. The molecule has 0 fully saturated rings. The molecule has 0 saturated carbocycles. The Kier molecular flexibility index (Phi) is 3.57. The van der Waals surface area contributed by atoms with Gasteiger partial charge in [-0.3, -0.25) is 10.1 Å². The summed E-state index contributed by atoms with van der Waals surface area (Å²) < 4.78 is 0. The standard InChI is InChI=1S/C12H14N2O4/c1-2-11(15)12-7-10(13-18-12)8-3-5-9(6-4-8)14(16)17/h3-6,11-12,15H,2,7H2,1H3/t11-,12+/m1/s1. The molecule has 2 rings (SSSR count). The highest BCUT2D eigenvalue weighted by molar-refractivity contribution is 6.01. The molecule has 1 aliphatic rings. The van der Waals surface area contributed by atoms with Crippen molar-refractivity contribution in [3.05, 3.63) is 39.9 Å². The topological polar surface area (TPSA) is 85.0 Å². The van der Waals surface area contributed by atoms with E-state index in [-0.39, 0.29) is 11.8 Å². The van der Waals surface area contributed by atoms with E-state index in [1.54, 1.807) is 12.1 Å². The van der Waals surface area contributed by atoms with Crippen molar-refractivity contribution in [1.29, 1.82) is 0 Å². The number of benzene rings is 1. The average molecular weight is 250 g/mol. The van der Waals surface area contributed by atoms with Gasteiger partial charge in [0.05, 0.1) is 16.7 Å². The zero-order chi connectivity index (χ0) is 13.1. The summed E-state index contributed by atoms with van der Waals surface area (Å²) in [5.74, 6) is 0. The second-order valence-electron chi connectivity index (χ2n) is 4.17. The molecule has 6 nitrogen and oxygen atoms in total. The number of nitrogens with zero attached hydrogens (tertiary/aromatic N) is 2. The monoisotopic (exact) mass is 250 g/mol. The fourth-order valence-corrected chi connectivity index (χ4v) is 1.81. The third-order valence-electron chi connectivity index (χ3n) is 2.95. The third-order valence-corrected chi connectivity index (χ3v) is 2.95. The molecule has 0 bridgehead atoms. The minimum absolute atomic E-state index is 0.0448. The lowest BCUT2D eigenvalue weighted by Crippen LogP contribution is -2.25. The van der Waals surface area contributed by atoms with Crippen LogP contribution < -0.4 is 0 Å². The Hall–Kier alpha value is -1.95. The summed E-state index contributed by atoms with van der Waals surface area (Å²) >= 11 is 0. The Morgan fingerprint density at radius 2 is 2.22 bits per heavy atom. The van der Waals surface area contributed by atoms with E-state index in [1.807, 2.05) is 6.92 Å². The number of nitro benzene ring substituents is 1. The maximum atomic E-state index is 10.5. The zero-order valence-electron chi connectivity index (χ0n) is 9.94.